The molecule has 1 saturated heterocycles. The lowest BCUT2D eigenvalue weighted by Crippen LogP contribution is -2.35. The van der Waals surface area contributed by atoms with E-state index in [1.165, 1.54) is 12.3 Å². The number of amides is 1. The molecule has 1 amide bonds. The summed E-state index contributed by atoms with van der Waals surface area (Å²) in [6.45, 7) is 4.11. The van der Waals surface area contributed by atoms with Crippen LogP contribution in [0.5, 0.6) is 0 Å². The fourth-order valence-corrected chi connectivity index (χ4v) is 3.57. The number of aromatic amines is 1. The zero-order chi connectivity index (χ0) is 18.5. The number of pyridine rings is 2. The summed E-state index contributed by atoms with van der Waals surface area (Å²) < 4.78 is 0. The first-order chi connectivity index (χ1) is 12.5. The molecule has 26 heavy (non-hydrogen) atoms. The number of carbonyl (C=O) groups excluding carboxylic acids is 1. The van der Waals surface area contributed by atoms with Crippen LogP contribution in [-0.2, 0) is 6.54 Å². The van der Waals surface area contributed by atoms with Gasteiger partial charge < -0.3 is 9.88 Å². The number of rotatable bonds is 4. The summed E-state index contributed by atoms with van der Waals surface area (Å²) in [5.41, 5.74) is 2.21. The maximum absolute atomic E-state index is 12.8. The van der Waals surface area contributed by atoms with Crippen molar-refractivity contribution < 1.29 is 4.79 Å². The Kier molecular flexibility index (Phi) is 5.83. The molecular formula is C20H26N4O2. The fraction of sp³-hybridized carbons (Fsp3) is 0.450. The second kappa shape index (κ2) is 8.27. The van der Waals surface area contributed by atoms with Gasteiger partial charge in [0.25, 0.3) is 5.91 Å². The zero-order valence-electron chi connectivity index (χ0n) is 15.4. The standard InChI is InChI=1S/C20H26N4O2/c1-15-12-19(25)22-13-18(15)20(26)24-10-5-7-17(8-11-24)23(2)14-16-6-3-4-9-21-16/h3-4,6,9,12-13,17H,5,7-8,10-11,14H2,1-2H3,(H,22,25)/t17-/m1/s1. The summed E-state index contributed by atoms with van der Waals surface area (Å²) in [4.78, 5) is 35.5. The van der Waals surface area contributed by atoms with Crippen LogP contribution >= 0.6 is 0 Å². The molecule has 1 fully saturated rings. The van der Waals surface area contributed by atoms with E-state index in [4.69, 9.17) is 0 Å². The van der Waals surface area contributed by atoms with Gasteiger partial charge in [-0.1, -0.05) is 6.07 Å². The van der Waals surface area contributed by atoms with Gasteiger partial charge in [0.05, 0.1) is 11.3 Å². The Morgan fingerprint density at radius 1 is 1.35 bits per heavy atom. The molecule has 3 rings (SSSR count). The van der Waals surface area contributed by atoms with Gasteiger partial charge in [-0.25, -0.2) is 0 Å². The van der Waals surface area contributed by atoms with Crippen molar-refractivity contribution in [3.05, 3.63) is 63.8 Å². The highest BCUT2D eigenvalue weighted by molar-refractivity contribution is 5.95. The number of nitrogens with one attached hydrogen (secondary N) is 1. The van der Waals surface area contributed by atoms with Crippen LogP contribution in [0.1, 0.15) is 40.9 Å². The van der Waals surface area contributed by atoms with Crippen molar-refractivity contribution in [1.29, 1.82) is 0 Å². The van der Waals surface area contributed by atoms with Gasteiger partial charge >= 0.3 is 0 Å². The second-order valence-electron chi connectivity index (χ2n) is 7.01. The first-order valence-corrected chi connectivity index (χ1v) is 9.13. The van der Waals surface area contributed by atoms with E-state index in [0.717, 1.165) is 50.2 Å². The van der Waals surface area contributed by atoms with Gasteiger partial charge in [0.1, 0.15) is 0 Å². The van der Waals surface area contributed by atoms with Crippen LogP contribution < -0.4 is 5.56 Å². The molecule has 0 spiro atoms. The average Bonchev–Trinajstić information content (AvgIpc) is 2.88. The van der Waals surface area contributed by atoms with Gasteiger partial charge in [0.2, 0.25) is 5.56 Å². The van der Waals surface area contributed by atoms with Crippen molar-refractivity contribution in [2.75, 3.05) is 20.1 Å². The number of hydrogen-bond donors (Lipinski definition) is 1. The van der Waals surface area contributed by atoms with Crippen LogP contribution in [-0.4, -0.2) is 51.9 Å². The quantitative estimate of drug-likeness (QED) is 0.914. The molecule has 0 saturated carbocycles. The van der Waals surface area contributed by atoms with Crippen molar-refractivity contribution in [2.24, 2.45) is 0 Å². The predicted octanol–water partition coefficient (Wildman–Crippen LogP) is 2.21. The van der Waals surface area contributed by atoms with Gasteiger partial charge in [0.15, 0.2) is 0 Å². The molecule has 0 radical (unpaired) electrons. The third kappa shape index (κ3) is 4.38. The average molecular weight is 354 g/mol. The van der Waals surface area contributed by atoms with Crippen molar-refractivity contribution in [3.63, 3.8) is 0 Å². The van der Waals surface area contributed by atoms with Gasteiger partial charge in [-0.05, 0) is 50.9 Å². The van der Waals surface area contributed by atoms with E-state index in [1.807, 2.05) is 36.2 Å². The van der Waals surface area contributed by atoms with E-state index in [1.54, 1.807) is 0 Å². The summed E-state index contributed by atoms with van der Waals surface area (Å²) in [5, 5.41) is 0. The molecule has 1 aliphatic heterocycles. The molecule has 138 valence electrons. The summed E-state index contributed by atoms with van der Waals surface area (Å²) in [7, 11) is 2.13. The third-order valence-corrected chi connectivity index (χ3v) is 5.11. The summed E-state index contributed by atoms with van der Waals surface area (Å²) in [5.74, 6) is 0.00628. The normalized spacial score (nSPS) is 18.0. The van der Waals surface area contributed by atoms with E-state index in [0.29, 0.717) is 11.6 Å². The van der Waals surface area contributed by atoms with Crippen LogP contribution in [0.25, 0.3) is 0 Å². The molecule has 0 unspecified atom stereocenters. The van der Waals surface area contributed by atoms with Gasteiger partial charge in [-0.3, -0.25) is 19.5 Å². The zero-order valence-corrected chi connectivity index (χ0v) is 15.4. The summed E-state index contributed by atoms with van der Waals surface area (Å²) in [6.07, 6.45) is 6.35. The molecular weight excluding hydrogens is 328 g/mol. The van der Waals surface area contributed by atoms with Crippen LogP contribution in [0, 0.1) is 6.92 Å². The fourth-order valence-electron chi connectivity index (χ4n) is 3.57. The molecule has 6 nitrogen and oxygen atoms in total. The molecule has 1 atom stereocenters. The maximum Gasteiger partial charge on any atom is 0.255 e. The van der Waals surface area contributed by atoms with Gasteiger partial charge in [0, 0.05) is 44.1 Å². The van der Waals surface area contributed by atoms with Gasteiger partial charge in [-0.15, -0.1) is 0 Å². The van der Waals surface area contributed by atoms with Crippen LogP contribution in [0.15, 0.2) is 41.5 Å². The van der Waals surface area contributed by atoms with Crippen molar-refractivity contribution >= 4 is 5.91 Å². The minimum Gasteiger partial charge on any atom is -0.339 e. The highest BCUT2D eigenvalue weighted by atomic mass is 16.2. The maximum atomic E-state index is 12.8. The van der Waals surface area contributed by atoms with E-state index in [-0.39, 0.29) is 11.5 Å². The Bertz CT molecular complexity index is 803. The Balaban J connectivity index is 1.62. The minimum absolute atomic E-state index is 0.00628. The van der Waals surface area contributed by atoms with Crippen molar-refractivity contribution in [3.8, 4) is 0 Å². The van der Waals surface area contributed by atoms with Crippen molar-refractivity contribution in [1.82, 2.24) is 19.8 Å². The second-order valence-corrected chi connectivity index (χ2v) is 7.01. The Labute approximate surface area is 153 Å². The Morgan fingerprint density at radius 2 is 2.19 bits per heavy atom. The molecule has 3 heterocycles. The van der Waals surface area contributed by atoms with Crippen LogP contribution in [0.3, 0.4) is 0 Å². The number of nitrogens with zero attached hydrogens (tertiary/aromatic N) is 3. The molecule has 0 aromatic carbocycles. The number of carbonyl (C=O) groups is 1. The summed E-state index contributed by atoms with van der Waals surface area (Å²) >= 11 is 0. The van der Waals surface area contributed by atoms with E-state index >= 15 is 0 Å². The number of likely N-dealkylation sites (tertiary alicyclic amines) is 1. The SMILES string of the molecule is Cc1cc(=O)[nH]cc1C(=O)N1CCC[C@@H](N(C)Cc2ccccn2)CC1. The monoisotopic (exact) mass is 354 g/mol. The Hall–Kier alpha value is -2.47. The highest BCUT2D eigenvalue weighted by Crippen LogP contribution is 2.19. The lowest BCUT2D eigenvalue weighted by Gasteiger charge is -2.27. The molecule has 1 N–H and O–H groups in total. The molecule has 2 aromatic heterocycles. The van der Waals surface area contributed by atoms with Crippen LogP contribution in [0.4, 0.5) is 0 Å². The van der Waals surface area contributed by atoms with Gasteiger partial charge in [-0.2, -0.15) is 0 Å². The van der Waals surface area contributed by atoms with Crippen LogP contribution in [0.2, 0.25) is 0 Å². The largest absolute Gasteiger partial charge is 0.339 e. The molecule has 1 aliphatic rings. The minimum atomic E-state index is -0.175. The molecule has 2 aromatic rings. The smallest absolute Gasteiger partial charge is 0.255 e. The number of hydrogen-bond acceptors (Lipinski definition) is 4. The number of aromatic nitrogens is 2. The molecule has 0 bridgehead atoms. The van der Waals surface area contributed by atoms with Crippen molar-refractivity contribution in [2.45, 2.75) is 38.8 Å². The number of aryl methyl sites for hydroxylation is 1. The summed E-state index contributed by atoms with van der Waals surface area (Å²) in [6, 6.07) is 7.90. The highest BCUT2D eigenvalue weighted by Gasteiger charge is 2.24. The third-order valence-electron chi connectivity index (χ3n) is 5.11. The lowest BCUT2D eigenvalue weighted by molar-refractivity contribution is 0.0756. The topological polar surface area (TPSA) is 69.3 Å². The molecule has 6 heteroatoms. The van der Waals surface area contributed by atoms with E-state index < -0.39 is 0 Å². The lowest BCUT2D eigenvalue weighted by atomic mass is 10.1. The van der Waals surface area contributed by atoms with E-state index in [9.17, 15) is 9.59 Å². The predicted molar refractivity (Wildman–Crippen MR) is 101 cm³/mol. The van der Waals surface area contributed by atoms with E-state index in [2.05, 4.69) is 21.9 Å². The first kappa shape index (κ1) is 18.3. The first-order valence-electron chi connectivity index (χ1n) is 9.13. The number of H-pyrrole nitrogens is 1. The Morgan fingerprint density at radius 3 is 2.92 bits per heavy atom. The molecule has 0 aliphatic carbocycles.